The maximum atomic E-state index is 11.9. The van der Waals surface area contributed by atoms with E-state index in [4.69, 9.17) is 4.74 Å². The molecule has 5 heteroatoms. The molecule has 112 valence electrons. The van der Waals surface area contributed by atoms with Crippen LogP contribution in [0.15, 0.2) is 28.7 Å². The fraction of sp³-hybridized carbons (Fsp3) is 0.533. The lowest BCUT2D eigenvalue weighted by molar-refractivity contribution is -0.123. The second-order valence-electron chi connectivity index (χ2n) is 4.69. The summed E-state index contributed by atoms with van der Waals surface area (Å²) in [5, 5.41) is 6.20. The van der Waals surface area contributed by atoms with Crippen LogP contribution in [0.5, 0.6) is 0 Å². The van der Waals surface area contributed by atoms with Crippen LogP contribution in [0.3, 0.4) is 0 Å². The highest BCUT2D eigenvalue weighted by Gasteiger charge is 2.17. The molecule has 4 nitrogen and oxygen atoms in total. The van der Waals surface area contributed by atoms with Crippen molar-refractivity contribution in [3.63, 3.8) is 0 Å². The summed E-state index contributed by atoms with van der Waals surface area (Å²) in [5.41, 5.74) is 1.18. The van der Waals surface area contributed by atoms with Gasteiger partial charge in [0.2, 0.25) is 5.91 Å². The van der Waals surface area contributed by atoms with Gasteiger partial charge in [0.15, 0.2) is 0 Å². The zero-order valence-corrected chi connectivity index (χ0v) is 13.9. The van der Waals surface area contributed by atoms with Gasteiger partial charge in [-0.15, -0.1) is 0 Å². The Kier molecular flexibility index (Phi) is 7.80. The maximum absolute atomic E-state index is 11.9. The Hall–Kier alpha value is -0.910. The number of hydrogen-bond acceptors (Lipinski definition) is 3. The van der Waals surface area contributed by atoms with E-state index in [1.54, 1.807) is 7.11 Å². The molecule has 0 aliphatic heterocycles. The number of hydrogen-bond donors (Lipinski definition) is 2. The minimum atomic E-state index is -0.240. The molecule has 20 heavy (non-hydrogen) atoms. The van der Waals surface area contributed by atoms with E-state index in [0.29, 0.717) is 13.2 Å². The van der Waals surface area contributed by atoms with Gasteiger partial charge in [0.1, 0.15) is 0 Å². The van der Waals surface area contributed by atoms with Crippen molar-refractivity contribution >= 4 is 21.8 Å². The van der Waals surface area contributed by atoms with Gasteiger partial charge in [0, 0.05) is 24.2 Å². The monoisotopic (exact) mass is 342 g/mol. The third-order valence-electron chi connectivity index (χ3n) is 3.11. The molecule has 0 saturated heterocycles. The first kappa shape index (κ1) is 17.1. The summed E-state index contributed by atoms with van der Waals surface area (Å²) in [6.45, 7) is 5.05. The van der Waals surface area contributed by atoms with E-state index in [0.717, 1.165) is 10.9 Å². The Labute approximate surface area is 129 Å². The number of methoxy groups -OCH3 is 1. The van der Waals surface area contributed by atoms with E-state index in [2.05, 4.69) is 45.6 Å². The van der Waals surface area contributed by atoms with Crippen molar-refractivity contribution < 1.29 is 9.53 Å². The van der Waals surface area contributed by atoms with Crippen molar-refractivity contribution in [2.75, 3.05) is 20.3 Å². The second kappa shape index (κ2) is 9.10. The van der Waals surface area contributed by atoms with E-state index >= 15 is 0 Å². The molecule has 0 aliphatic rings. The molecular formula is C15H23BrN2O2. The summed E-state index contributed by atoms with van der Waals surface area (Å²) in [4.78, 5) is 11.9. The Bertz CT molecular complexity index is 426. The Morgan fingerprint density at radius 1 is 1.45 bits per heavy atom. The zero-order valence-electron chi connectivity index (χ0n) is 12.3. The minimum Gasteiger partial charge on any atom is -0.383 e. The van der Waals surface area contributed by atoms with Crippen molar-refractivity contribution in [1.82, 2.24) is 10.6 Å². The van der Waals surface area contributed by atoms with Crippen molar-refractivity contribution in [3.05, 3.63) is 34.3 Å². The van der Waals surface area contributed by atoms with Gasteiger partial charge < -0.3 is 10.1 Å². The van der Waals surface area contributed by atoms with Crippen LogP contribution in [0, 0.1) is 0 Å². The summed E-state index contributed by atoms with van der Waals surface area (Å²) < 4.78 is 5.96. The lowest BCUT2D eigenvalue weighted by Gasteiger charge is -2.22. The largest absolute Gasteiger partial charge is 0.383 e. The van der Waals surface area contributed by atoms with E-state index < -0.39 is 0 Å². The summed E-state index contributed by atoms with van der Waals surface area (Å²) >= 11 is 3.48. The molecular weight excluding hydrogens is 320 g/mol. The van der Waals surface area contributed by atoms with Gasteiger partial charge in [-0.3, -0.25) is 10.1 Å². The van der Waals surface area contributed by atoms with Crippen molar-refractivity contribution in [3.8, 4) is 0 Å². The number of ether oxygens (including phenoxy) is 1. The van der Waals surface area contributed by atoms with E-state index in [1.165, 1.54) is 5.56 Å². The predicted molar refractivity (Wildman–Crippen MR) is 84.7 cm³/mol. The number of amides is 1. The van der Waals surface area contributed by atoms with Crippen LogP contribution in [0.4, 0.5) is 0 Å². The minimum absolute atomic E-state index is 0.00417. The Balaban J connectivity index is 2.57. The molecule has 2 unspecified atom stereocenters. The van der Waals surface area contributed by atoms with Crippen molar-refractivity contribution in [1.29, 1.82) is 0 Å². The number of carbonyl (C=O) groups is 1. The van der Waals surface area contributed by atoms with Crippen LogP contribution < -0.4 is 10.6 Å². The van der Waals surface area contributed by atoms with Crippen LogP contribution in [-0.2, 0) is 9.53 Å². The third-order valence-corrected chi connectivity index (χ3v) is 3.60. The predicted octanol–water partition coefficient (Wildman–Crippen LogP) is 2.64. The van der Waals surface area contributed by atoms with Crippen LogP contribution >= 0.6 is 15.9 Å². The number of carbonyl (C=O) groups excluding carboxylic acids is 1. The van der Waals surface area contributed by atoms with E-state index in [1.807, 2.05) is 19.1 Å². The molecule has 0 spiro atoms. The lowest BCUT2D eigenvalue weighted by Crippen LogP contribution is -2.44. The molecule has 0 aromatic heterocycles. The average Bonchev–Trinajstić information content (AvgIpc) is 2.44. The summed E-state index contributed by atoms with van der Waals surface area (Å²) in [6, 6.07) is 8.08. The smallest absolute Gasteiger partial charge is 0.236 e. The molecule has 0 aliphatic carbocycles. The molecule has 0 radical (unpaired) electrons. The molecule has 0 fully saturated rings. The van der Waals surface area contributed by atoms with Crippen LogP contribution in [0.1, 0.15) is 31.9 Å². The molecule has 1 amide bonds. The van der Waals surface area contributed by atoms with Gasteiger partial charge in [-0.2, -0.15) is 0 Å². The summed E-state index contributed by atoms with van der Waals surface area (Å²) in [7, 11) is 1.62. The molecule has 2 atom stereocenters. The van der Waals surface area contributed by atoms with Crippen molar-refractivity contribution in [2.45, 2.75) is 32.4 Å². The first-order valence-electron chi connectivity index (χ1n) is 6.86. The standard InChI is InChI=1S/C15H23BrN2O2/c1-4-14(12-6-5-7-13(16)10-12)18-11(2)15(19)17-8-9-20-3/h5-7,10-11,14,18H,4,8-9H2,1-3H3,(H,17,19). The SMILES string of the molecule is CCC(NC(C)C(=O)NCCOC)c1cccc(Br)c1. The van der Waals surface area contributed by atoms with Gasteiger partial charge in [-0.05, 0) is 31.0 Å². The summed E-state index contributed by atoms with van der Waals surface area (Å²) in [6.07, 6.45) is 0.923. The molecule has 0 heterocycles. The van der Waals surface area contributed by atoms with Gasteiger partial charge in [-0.1, -0.05) is 35.0 Å². The first-order chi connectivity index (χ1) is 9.58. The normalized spacial score (nSPS) is 13.8. The van der Waals surface area contributed by atoms with Crippen LogP contribution in [0.25, 0.3) is 0 Å². The quantitative estimate of drug-likeness (QED) is 0.714. The van der Waals surface area contributed by atoms with Crippen LogP contribution in [0.2, 0.25) is 0 Å². The van der Waals surface area contributed by atoms with E-state index in [9.17, 15) is 4.79 Å². The molecule has 1 aromatic rings. The van der Waals surface area contributed by atoms with Crippen molar-refractivity contribution in [2.24, 2.45) is 0 Å². The highest BCUT2D eigenvalue weighted by molar-refractivity contribution is 9.10. The fourth-order valence-corrected chi connectivity index (χ4v) is 2.40. The fourth-order valence-electron chi connectivity index (χ4n) is 1.98. The molecule has 1 rings (SSSR count). The topological polar surface area (TPSA) is 50.4 Å². The van der Waals surface area contributed by atoms with Gasteiger partial charge in [0.05, 0.1) is 12.6 Å². The molecule has 1 aromatic carbocycles. The summed E-state index contributed by atoms with van der Waals surface area (Å²) in [5.74, 6) is -0.00417. The van der Waals surface area contributed by atoms with Gasteiger partial charge in [-0.25, -0.2) is 0 Å². The van der Waals surface area contributed by atoms with E-state index in [-0.39, 0.29) is 18.0 Å². The Morgan fingerprint density at radius 3 is 2.80 bits per heavy atom. The number of halogens is 1. The maximum Gasteiger partial charge on any atom is 0.236 e. The highest BCUT2D eigenvalue weighted by atomic mass is 79.9. The van der Waals surface area contributed by atoms with Gasteiger partial charge >= 0.3 is 0 Å². The molecule has 2 N–H and O–H groups in total. The number of rotatable bonds is 8. The number of nitrogens with one attached hydrogen (secondary N) is 2. The Morgan fingerprint density at radius 2 is 2.20 bits per heavy atom. The molecule has 0 saturated carbocycles. The molecule has 0 bridgehead atoms. The second-order valence-corrected chi connectivity index (χ2v) is 5.60. The zero-order chi connectivity index (χ0) is 15.0. The highest BCUT2D eigenvalue weighted by Crippen LogP contribution is 2.21. The van der Waals surface area contributed by atoms with Crippen LogP contribution in [-0.4, -0.2) is 32.2 Å². The first-order valence-corrected chi connectivity index (χ1v) is 7.66. The lowest BCUT2D eigenvalue weighted by atomic mass is 10.0. The van der Waals surface area contributed by atoms with Gasteiger partial charge in [0.25, 0.3) is 0 Å². The third kappa shape index (κ3) is 5.61. The average molecular weight is 343 g/mol. The number of benzene rings is 1.